The zero-order valence-corrected chi connectivity index (χ0v) is 11.2. The molecule has 0 spiro atoms. The molecular weight excluding hydrogens is 256 g/mol. The van der Waals surface area contributed by atoms with Gasteiger partial charge in [0.05, 0.1) is 7.11 Å². The number of carbonyl (C=O) groups is 1. The first-order chi connectivity index (χ1) is 9.63. The van der Waals surface area contributed by atoms with Gasteiger partial charge in [0.2, 0.25) is 0 Å². The normalized spacial score (nSPS) is 16.1. The summed E-state index contributed by atoms with van der Waals surface area (Å²) in [4.78, 5) is 11.4. The molecule has 20 heavy (non-hydrogen) atoms. The van der Waals surface area contributed by atoms with Crippen LogP contribution in [0.5, 0.6) is 0 Å². The number of aliphatic hydroxyl groups is 2. The van der Waals surface area contributed by atoms with Gasteiger partial charge in [-0.05, 0) is 40.3 Å². The zero-order chi connectivity index (χ0) is 14.3. The van der Waals surface area contributed by atoms with Gasteiger partial charge in [-0.25, -0.2) is 4.79 Å². The molecule has 1 aliphatic rings. The molecule has 104 valence electrons. The van der Waals surface area contributed by atoms with E-state index in [2.05, 4.69) is 10.8 Å². The molecule has 0 radical (unpaired) electrons. The van der Waals surface area contributed by atoms with Gasteiger partial charge in [0.1, 0.15) is 6.10 Å². The molecule has 2 unspecified atom stereocenters. The first kappa shape index (κ1) is 13.1. The van der Waals surface area contributed by atoms with Gasteiger partial charge in [0, 0.05) is 0 Å². The number of esters is 1. The Labute approximate surface area is 116 Å². The summed E-state index contributed by atoms with van der Waals surface area (Å²) < 4.78 is 4.48. The van der Waals surface area contributed by atoms with Crippen LogP contribution in [0.1, 0.15) is 22.8 Å². The lowest BCUT2D eigenvalue weighted by atomic mass is 9.94. The number of methoxy groups -OCH3 is 1. The third kappa shape index (κ3) is 1.88. The third-order valence-electron chi connectivity index (χ3n) is 3.97. The van der Waals surface area contributed by atoms with Crippen molar-refractivity contribution in [1.82, 2.24) is 0 Å². The van der Waals surface area contributed by atoms with Crippen LogP contribution >= 0.6 is 0 Å². The topological polar surface area (TPSA) is 66.8 Å². The standard InChI is InChI=1S/C16H16O4/c1-20-16(19)15(18)14(17)12-8-7-10-6-5-9-3-2-4-11(12)13(9)10/h2-4,7-8,14-15,17-18H,5-6H2,1H3. The smallest absolute Gasteiger partial charge is 0.337 e. The number of carbonyl (C=O) groups excluding carboxylic acids is 1. The van der Waals surface area contributed by atoms with Gasteiger partial charge >= 0.3 is 5.97 Å². The fourth-order valence-corrected chi connectivity index (χ4v) is 2.95. The van der Waals surface area contributed by atoms with Gasteiger partial charge in [0.25, 0.3) is 0 Å². The largest absolute Gasteiger partial charge is 0.467 e. The average Bonchev–Trinajstić information content (AvgIpc) is 2.91. The zero-order valence-electron chi connectivity index (χ0n) is 11.2. The van der Waals surface area contributed by atoms with Crippen LogP contribution < -0.4 is 0 Å². The summed E-state index contributed by atoms with van der Waals surface area (Å²) in [5, 5.41) is 22.1. The number of hydrogen-bond acceptors (Lipinski definition) is 4. The molecule has 2 aromatic carbocycles. The highest BCUT2D eigenvalue weighted by Gasteiger charge is 2.28. The number of rotatable bonds is 3. The van der Waals surface area contributed by atoms with Crippen LogP contribution in [0.15, 0.2) is 30.3 Å². The van der Waals surface area contributed by atoms with E-state index < -0.39 is 18.2 Å². The lowest BCUT2D eigenvalue weighted by molar-refractivity contribution is -0.156. The maximum atomic E-state index is 11.4. The number of hydrogen-bond donors (Lipinski definition) is 2. The molecule has 4 nitrogen and oxygen atoms in total. The molecule has 3 rings (SSSR count). The van der Waals surface area contributed by atoms with Crippen LogP contribution in [0.2, 0.25) is 0 Å². The second-order valence-electron chi connectivity index (χ2n) is 5.07. The Hall–Kier alpha value is -1.91. The summed E-state index contributed by atoms with van der Waals surface area (Å²) in [5.74, 6) is -0.833. The SMILES string of the molecule is COC(=O)C(O)C(O)c1ccc2c3c(cccc13)CC2. The van der Waals surface area contributed by atoms with Crippen molar-refractivity contribution in [2.45, 2.75) is 25.0 Å². The van der Waals surface area contributed by atoms with E-state index in [9.17, 15) is 15.0 Å². The van der Waals surface area contributed by atoms with Gasteiger partial charge in [0.15, 0.2) is 6.10 Å². The minimum Gasteiger partial charge on any atom is -0.467 e. The molecule has 2 N–H and O–H groups in total. The lowest BCUT2D eigenvalue weighted by Crippen LogP contribution is -2.29. The molecule has 2 aromatic rings. The summed E-state index contributed by atoms with van der Waals surface area (Å²) in [6.45, 7) is 0. The van der Waals surface area contributed by atoms with Crippen molar-refractivity contribution in [2.75, 3.05) is 7.11 Å². The second kappa shape index (κ2) is 4.89. The van der Waals surface area contributed by atoms with Crippen LogP contribution in [-0.4, -0.2) is 29.4 Å². The third-order valence-corrected chi connectivity index (χ3v) is 3.97. The first-order valence-corrected chi connectivity index (χ1v) is 6.61. The van der Waals surface area contributed by atoms with Gasteiger partial charge in [-0.2, -0.15) is 0 Å². The molecule has 0 aliphatic heterocycles. The van der Waals surface area contributed by atoms with Crippen molar-refractivity contribution in [3.05, 3.63) is 47.0 Å². The summed E-state index contributed by atoms with van der Waals surface area (Å²) in [5.41, 5.74) is 3.06. The minimum absolute atomic E-state index is 0.561. The molecule has 2 atom stereocenters. The van der Waals surface area contributed by atoms with Gasteiger partial charge < -0.3 is 14.9 Å². The average molecular weight is 272 g/mol. The number of aliphatic hydroxyl groups excluding tert-OH is 2. The molecule has 0 saturated heterocycles. The van der Waals surface area contributed by atoms with E-state index in [0.29, 0.717) is 5.56 Å². The molecule has 0 heterocycles. The highest BCUT2D eigenvalue weighted by Crippen LogP contribution is 2.35. The van der Waals surface area contributed by atoms with E-state index in [-0.39, 0.29) is 0 Å². The summed E-state index contributed by atoms with van der Waals surface area (Å²) in [6, 6.07) is 9.67. The second-order valence-corrected chi connectivity index (χ2v) is 5.07. The van der Waals surface area contributed by atoms with E-state index in [0.717, 1.165) is 23.6 Å². The summed E-state index contributed by atoms with van der Waals surface area (Å²) >= 11 is 0. The van der Waals surface area contributed by atoms with Crippen molar-refractivity contribution < 1.29 is 19.7 Å². The van der Waals surface area contributed by atoms with Crippen molar-refractivity contribution >= 4 is 16.7 Å². The Morgan fingerprint density at radius 2 is 1.85 bits per heavy atom. The Morgan fingerprint density at radius 3 is 2.55 bits per heavy atom. The maximum absolute atomic E-state index is 11.4. The molecule has 0 saturated carbocycles. The Bertz CT molecular complexity index is 667. The molecule has 0 bridgehead atoms. The molecule has 4 heteroatoms. The summed E-state index contributed by atoms with van der Waals surface area (Å²) in [7, 11) is 1.19. The molecule has 1 aliphatic carbocycles. The van der Waals surface area contributed by atoms with E-state index in [1.54, 1.807) is 6.07 Å². The van der Waals surface area contributed by atoms with Crippen LogP contribution in [0.4, 0.5) is 0 Å². The minimum atomic E-state index is -1.57. The first-order valence-electron chi connectivity index (χ1n) is 6.61. The Balaban J connectivity index is 2.12. The predicted octanol–water partition coefficient (Wildman–Crippen LogP) is 1.51. The van der Waals surface area contributed by atoms with E-state index >= 15 is 0 Å². The Kier molecular flexibility index (Phi) is 3.20. The van der Waals surface area contributed by atoms with Crippen LogP contribution in [-0.2, 0) is 22.4 Å². The van der Waals surface area contributed by atoms with Crippen molar-refractivity contribution in [2.24, 2.45) is 0 Å². The molecule has 0 aromatic heterocycles. The van der Waals surface area contributed by atoms with E-state index in [4.69, 9.17) is 0 Å². The van der Waals surface area contributed by atoms with Crippen molar-refractivity contribution in [3.63, 3.8) is 0 Å². The number of ether oxygens (including phenoxy) is 1. The monoisotopic (exact) mass is 272 g/mol. The fraction of sp³-hybridized carbons (Fsp3) is 0.312. The van der Waals surface area contributed by atoms with E-state index in [1.165, 1.54) is 18.2 Å². The van der Waals surface area contributed by atoms with Gasteiger partial charge in [-0.15, -0.1) is 0 Å². The van der Waals surface area contributed by atoms with Gasteiger partial charge in [-0.3, -0.25) is 0 Å². The molecular formula is C16H16O4. The van der Waals surface area contributed by atoms with Gasteiger partial charge in [-0.1, -0.05) is 30.3 Å². The number of benzene rings is 2. The van der Waals surface area contributed by atoms with Crippen molar-refractivity contribution in [3.8, 4) is 0 Å². The van der Waals surface area contributed by atoms with Crippen LogP contribution in [0.25, 0.3) is 10.8 Å². The van der Waals surface area contributed by atoms with E-state index in [1.807, 2.05) is 18.2 Å². The highest BCUT2D eigenvalue weighted by molar-refractivity contribution is 5.94. The predicted molar refractivity (Wildman–Crippen MR) is 74.3 cm³/mol. The highest BCUT2D eigenvalue weighted by atomic mass is 16.5. The summed E-state index contributed by atoms with van der Waals surface area (Å²) in [6.07, 6.45) is -0.872. The quantitative estimate of drug-likeness (QED) is 0.831. The molecule has 0 fully saturated rings. The van der Waals surface area contributed by atoms with Crippen molar-refractivity contribution in [1.29, 1.82) is 0 Å². The maximum Gasteiger partial charge on any atom is 0.337 e. The Morgan fingerprint density at radius 1 is 1.15 bits per heavy atom. The van der Waals surface area contributed by atoms with Crippen LogP contribution in [0.3, 0.4) is 0 Å². The molecule has 0 amide bonds. The fourth-order valence-electron chi connectivity index (χ4n) is 2.95. The number of aryl methyl sites for hydroxylation is 2. The van der Waals surface area contributed by atoms with Crippen LogP contribution in [0, 0.1) is 0 Å². The lowest BCUT2D eigenvalue weighted by Gasteiger charge is -2.18.